The van der Waals surface area contributed by atoms with Crippen molar-refractivity contribution in [3.05, 3.63) is 59.3 Å². The first-order chi connectivity index (χ1) is 15.0. The summed E-state index contributed by atoms with van der Waals surface area (Å²) in [5.41, 5.74) is 2.49. The molecule has 0 radical (unpaired) electrons. The lowest BCUT2D eigenvalue weighted by Gasteiger charge is -2.39. The molecule has 0 aliphatic carbocycles. The second-order valence-corrected chi connectivity index (χ2v) is 8.17. The van der Waals surface area contributed by atoms with Gasteiger partial charge in [0.15, 0.2) is 0 Å². The minimum Gasteiger partial charge on any atom is -0.363 e. The van der Waals surface area contributed by atoms with Gasteiger partial charge in [-0.1, -0.05) is 19.9 Å². The summed E-state index contributed by atoms with van der Waals surface area (Å²) in [6, 6.07) is 6.29. The third kappa shape index (κ3) is 6.04. The van der Waals surface area contributed by atoms with Crippen molar-refractivity contribution in [1.29, 1.82) is 0 Å². The van der Waals surface area contributed by atoms with Crippen LogP contribution in [0.5, 0.6) is 0 Å². The molecule has 166 valence electrons. The van der Waals surface area contributed by atoms with Crippen LogP contribution in [0, 0.1) is 0 Å². The van der Waals surface area contributed by atoms with E-state index in [0.717, 1.165) is 30.5 Å². The third-order valence-electron chi connectivity index (χ3n) is 5.60. The number of rotatable bonds is 8. The number of likely N-dealkylation sites (N-methyl/N-ethyl adjacent to an activating group) is 1. The van der Waals surface area contributed by atoms with E-state index in [1.807, 2.05) is 29.2 Å². The first-order valence-corrected chi connectivity index (χ1v) is 11.1. The molecular weight excluding hydrogens is 390 g/mol. The molecule has 2 aromatic heterocycles. The van der Waals surface area contributed by atoms with Gasteiger partial charge in [0.1, 0.15) is 5.69 Å². The topological polar surface area (TPSA) is 81.3 Å². The number of H-pyrrole nitrogens is 1. The fourth-order valence-electron chi connectivity index (χ4n) is 4.00. The largest absolute Gasteiger partial charge is 0.363 e. The van der Waals surface area contributed by atoms with Crippen molar-refractivity contribution in [1.82, 2.24) is 20.2 Å². The van der Waals surface area contributed by atoms with Gasteiger partial charge in [-0.25, -0.2) is 0 Å². The molecule has 1 amide bonds. The molecule has 7 nitrogen and oxygen atoms in total. The maximum Gasteiger partial charge on any atom is 0.271 e. The van der Waals surface area contributed by atoms with E-state index >= 15 is 0 Å². The summed E-state index contributed by atoms with van der Waals surface area (Å²) < 4.78 is 0. The van der Waals surface area contributed by atoms with E-state index in [1.54, 1.807) is 24.7 Å². The number of nitrogens with zero attached hydrogens (tertiary/aromatic N) is 3. The van der Waals surface area contributed by atoms with Gasteiger partial charge in [-0.2, -0.15) is 0 Å². The van der Waals surface area contributed by atoms with Crippen molar-refractivity contribution >= 4 is 11.6 Å². The predicted octanol–water partition coefficient (Wildman–Crippen LogP) is 2.81. The van der Waals surface area contributed by atoms with E-state index < -0.39 is 0 Å². The van der Waals surface area contributed by atoms with Gasteiger partial charge in [0.25, 0.3) is 5.56 Å². The lowest BCUT2D eigenvalue weighted by Crippen LogP contribution is -2.50. The van der Waals surface area contributed by atoms with Crippen molar-refractivity contribution in [3.63, 3.8) is 0 Å². The standard InChI is InChI=1S/C24H33N5O2/c1-4-29(22-15-20(16-27-24(22)31)19-9-12-25-13-10-19)21-7-6-14-28(17-21)23(30)8-5-11-26-18(2)3/h5,8-10,12-13,15-16,18,21,26H,4,6-7,11,14,17H2,1-3H3,(H,27,31)/b8-5+. The molecule has 2 N–H and O–H groups in total. The zero-order chi connectivity index (χ0) is 22.2. The molecule has 7 heteroatoms. The molecule has 3 heterocycles. The number of amides is 1. The van der Waals surface area contributed by atoms with Crippen LogP contribution < -0.4 is 15.8 Å². The molecule has 1 fully saturated rings. The van der Waals surface area contributed by atoms with E-state index in [4.69, 9.17) is 0 Å². The van der Waals surface area contributed by atoms with Crippen molar-refractivity contribution in [2.75, 3.05) is 31.1 Å². The Balaban J connectivity index is 1.75. The lowest BCUT2D eigenvalue weighted by molar-refractivity contribution is -0.127. The molecule has 1 aliphatic rings. The number of nitrogens with one attached hydrogen (secondary N) is 2. The monoisotopic (exact) mass is 423 g/mol. The Morgan fingerprint density at radius 2 is 2.13 bits per heavy atom. The zero-order valence-electron chi connectivity index (χ0n) is 18.7. The van der Waals surface area contributed by atoms with Gasteiger partial charge in [0.2, 0.25) is 5.91 Å². The van der Waals surface area contributed by atoms with Crippen LogP contribution in [0.3, 0.4) is 0 Å². The van der Waals surface area contributed by atoms with Gasteiger partial charge in [-0.05, 0) is 43.5 Å². The summed E-state index contributed by atoms with van der Waals surface area (Å²) in [7, 11) is 0. The molecule has 0 bridgehead atoms. The maximum atomic E-state index is 12.7. The molecule has 1 unspecified atom stereocenters. The normalized spacial score (nSPS) is 16.8. The Kier molecular flexibility index (Phi) is 8.00. The van der Waals surface area contributed by atoms with Crippen LogP contribution in [0.2, 0.25) is 0 Å². The highest BCUT2D eigenvalue weighted by Gasteiger charge is 2.28. The number of hydrogen-bond acceptors (Lipinski definition) is 5. The third-order valence-corrected chi connectivity index (χ3v) is 5.60. The quantitative estimate of drug-likeness (QED) is 0.638. The SMILES string of the molecule is CCN(c1cc(-c2ccncc2)c[nH]c1=O)C1CCCN(C(=O)/C=C/CNC(C)C)C1. The van der Waals surface area contributed by atoms with Crippen molar-refractivity contribution in [3.8, 4) is 11.1 Å². The molecule has 0 spiro atoms. The summed E-state index contributed by atoms with van der Waals surface area (Å²) in [4.78, 5) is 36.3. The Hall–Kier alpha value is -2.93. The highest BCUT2D eigenvalue weighted by molar-refractivity contribution is 5.87. The molecule has 0 saturated carbocycles. The molecule has 1 atom stereocenters. The maximum absolute atomic E-state index is 12.7. The number of pyridine rings is 2. The first kappa shape index (κ1) is 22.7. The molecule has 0 aromatic carbocycles. The Morgan fingerprint density at radius 1 is 1.35 bits per heavy atom. The van der Waals surface area contributed by atoms with Gasteiger partial charge in [-0.15, -0.1) is 0 Å². The lowest BCUT2D eigenvalue weighted by atomic mass is 10.0. The summed E-state index contributed by atoms with van der Waals surface area (Å²) in [5, 5.41) is 3.28. The van der Waals surface area contributed by atoms with Gasteiger partial charge >= 0.3 is 0 Å². The van der Waals surface area contributed by atoms with E-state index in [1.165, 1.54) is 0 Å². The Labute approximate surface area is 184 Å². The van der Waals surface area contributed by atoms with E-state index in [2.05, 4.69) is 41.0 Å². The smallest absolute Gasteiger partial charge is 0.271 e. The summed E-state index contributed by atoms with van der Waals surface area (Å²) >= 11 is 0. The predicted molar refractivity (Wildman–Crippen MR) is 125 cm³/mol. The highest BCUT2D eigenvalue weighted by atomic mass is 16.2. The van der Waals surface area contributed by atoms with Crippen LogP contribution in [-0.4, -0.2) is 59.0 Å². The second-order valence-electron chi connectivity index (χ2n) is 8.17. The van der Waals surface area contributed by atoms with Crippen molar-refractivity contribution < 1.29 is 4.79 Å². The summed E-state index contributed by atoms with van der Waals surface area (Å²) in [6.07, 6.45) is 10.6. The number of carbonyl (C=O) groups is 1. The van der Waals surface area contributed by atoms with Crippen molar-refractivity contribution in [2.24, 2.45) is 0 Å². The van der Waals surface area contributed by atoms with Crippen LogP contribution >= 0.6 is 0 Å². The summed E-state index contributed by atoms with van der Waals surface area (Å²) in [6.45, 7) is 8.96. The first-order valence-electron chi connectivity index (χ1n) is 11.1. The average Bonchev–Trinajstić information content (AvgIpc) is 2.79. The molecule has 1 saturated heterocycles. The number of likely N-dealkylation sites (tertiary alicyclic amines) is 1. The molecule has 2 aromatic rings. The van der Waals surface area contributed by atoms with Gasteiger partial charge in [-0.3, -0.25) is 14.6 Å². The van der Waals surface area contributed by atoms with Crippen LogP contribution in [0.15, 0.2) is 53.7 Å². The van der Waals surface area contributed by atoms with E-state index in [9.17, 15) is 9.59 Å². The molecule has 1 aliphatic heterocycles. The molecule has 31 heavy (non-hydrogen) atoms. The van der Waals surface area contributed by atoms with Crippen molar-refractivity contribution in [2.45, 2.75) is 45.7 Å². The van der Waals surface area contributed by atoms with Crippen LogP contribution in [0.1, 0.15) is 33.6 Å². The van der Waals surface area contributed by atoms with Gasteiger partial charge < -0.3 is 20.1 Å². The summed E-state index contributed by atoms with van der Waals surface area (Å²) in [5.74, 6) is 0.0331. The number of aromatic nitrogens is 2. The fourth-order valence-corrected chi connectivity index (χ4v) is 4.00. The second kappa shape index (κ2) is 10.9. The van der Waals surface area contributed by atoms with E-state index in [0.29, 0.717) is 31.4 Å². The van der Waals surface area contributed by atoms with Crippen LogP contribution in [-0.2, 0) is 4.79 Å². The van der Waals surface area contributed by atoms with Crippen LogP contribution in [0.4, 0.5) is 5.69 Å². The Morgan fingerprint density at radius 3 is 2.84 bits per heavy atom. The average molecular weight is 424 g/mol. The number of carbonyl (C=O) groups excluding carboxylic acids is 1. The minimum atomic E-state index is -0.109. The zero-order valence-corrected chi connectivity index (χ0v) is 18.7. The molecular formula is C24H33N5O2. The van der Waals surface area contributed by atoms with E-state index in [-0.39, 0.29) is 17.5 Å². The Bertz CT molecular complexity index is 938. The van der Waals surface area contributed by atoms with Gasteiger partial charge in [0, 0.05) is 68.5 Å². The number of hydrogen-bond donors (Lipinski definition) is 2. The number of anilines is 1. The fraction of sp³-hybridized carbons (Fsp3) is 0.458. The molecule has 3 rings (SSSR count). The number of piperidine rings is 1. The minimum absolute atomic E-state index is 0.0331. The van der Waals surface area contributed by atoms with Gasteiger partial charge in [0.05, 0.1) is 0 Å². The number of aromatic amines is 1. The van der Waals surface area contributed by atoms with Crippen LogP contribution in [0.25, 0.3) is 11.1 Å². The highest BCUT2D eigenvalue weighted by Crippen LogP contribution is 2.25.